The second-order valence-corrected chi connectivity index (χ2v) is 3.90. The normalized spacial score (nSPS) is 10.4. The van der Waals surface area contributed by atoms with Crippen molar-refractivity contribution < 1.29 is 4.79 Å². The van der Waals surface area contributed by atoms with E-state index in [1.54, 1.807) is 29.9 Å². The Hall–Kier alpha value is -3.17. The Bertz CT molecular complexity index is 733. The average molecular weight is 271 g/mol. The summed E-state index contributed by atoms with van der Waals surface area (Å²) in [4.78, 5) is 11.8. The van der Waals surface area contributed by atoms with Crippen LogP contribution in [0.15, 0.2) is 24.3 Å². The first-order valence-electron chi connectivity index (χ1n) is 5.61. The smallest absolute Gasteiger partial charge is 0.297 e. The molecule has 100 valence electrons. The molecule has 2 aromatic heterocycles. The minimum absolute atomic E-state index is 0.0317. The number of carbonyl (C=O) groups excluding carboxylic acids is 1. The molecule has 0 unspecified atom stereocenters. The molecule has 0 aliphatic rings. The number of aromatic nitrogens is 8. The van der Waals surface area contributed by atoms with Crippen LogP contribution in [0.2, 0.25) is 0 Å². The van der Waals surface area contributed by atoms with Gasteiger partial charge in [0, 0.05) is 18.3 Å². The molecule has 0 atom stereocenters. The third kappa shape index (κ3) is 2.21. The van der Waals surface area contributed by atoms with Crippen LogP contribution < -0.4 is 5.32 Å². The van der Waals surface area contributed by atoms with Crippen LogP contribution in [0.1, 0.15) is 10.6 Å². The van der Waals surface area contributed by atoms with Crippen molar-refractivity contribution in [1.29, 1.82) is 0 Å². The van der Waals surface area contributed by atoms with E-state index in [0.29, 0.717) is 11.5 Å². The summed E-state index contributed by atoms with van der Waals surface area (Å²) in [5, 5.41) is 26.7. The number of tetrazole rings is 2. The fraction of sp³-hybridized carbons (Fsp3) is 0.100. The maximum atomic E-state index is 11.8. The Morgan fingerprint density at radius 3 is 2.95 bits per heavy atom. The predicted octanol–water partition coefficient (Wildman–Crippen LogP) is -0.358. The summed E-state index contributed by atoms with van der Waals surface area (Å²) in [6, 6.07) is 7.13. The van der Waals surface area contributed by atoms with Crippen LogP contribution in [-0.2, 0) is 7.05 Å². The number of amides is 1. The number of hydrogen-bond acceptors (Lipinski definition) is 7. The van der Waals surface area contributed by atoms with E-state index >= 15 is 0 Å². The van der Waals surface area contributed by atoms with Crippen molar-refractivity contribution in [2.45, 2.75) is 0 Å². The van der Waals surface area contributed by atoms with Crippen LogP contribution in [0.25, 0.3) is 11.4 Å². The molecule has 1 aromatic carbocycles. The van der Waals surface area contributed by atoms with Crippen LogP contribution in [0.3, 0.4) is 0 Å². The summed E-state index contributed by atoms with van der Waals surface area (Å²) >= 11 is 0. The van der Waals surface area contributed by atoms with Crippen LogP contribution >= 0.6 is 0 Å². The SMILES string of the molecule is Cn1nnnc1-c1cccc(NC(=O)c2nn[nH]n2)c1. The zero-order chi connectivity index (χ0) is 13.9. The van der Waals surface area contributed by atoms with Crippen LogP contribution in [0.5, 0.6) is 0 Å². The Morgan fingerprint density at radius 2 is 2.25 bits per heavy atom. The number of carbonyl (C=O) groups is 1. The Morgan fingerprint density at radius 1 is 1.35 bits per heavy atom. The van der Waals surface area contributed by atoms with Gasteiger partial charge in [0.1, 0.15) is 0 Å². The molecular formula is C10H9N9O. The molecule has 0 aliphatic heterocycles. The molecule has 3 rings (SSSR count). The van der Waals surface area contributed by atoms with Crippen LogP contribution in [-0.4, -0.2) is 46.7 Å². The standard InChI is InChI=1S/C10H9N9O/c1-19-9(14-17-18-19)6-3-2-4-7(5-6)11-10(20)8-12-15-16-13-8/h2-5H,1H3,(H,11,20)(H,12,13,15,16). The molecule has 2 N–H and O–H groups in total. The summed E-state index contributed by atoms with van der Waals surface area (Å²) in [5.74, 6) is 0.114. The number of nitrogens with one attached hydrogen (secondary N) is 2. The van der Waals surface area contributed by atoms with Crippen molar-refractivity contribution in [3.8, 4) is 11.4 Å². The maximum Gasteiger partial charge on any atom is 0.297 e. The van der Waals surface area contributed by atoms with Crippen molar-refractivity contribution in [3.05, 3.63) is 30.1 Å². The first-order chi connectivity index (χ1) is 9.74. The van der Waals surface area contributed by atoms with E-state index < -0.39 is 5.91 Å². The van der Waals surface area contributed by atoms with Crippen molar-refractivity contribution in [1.82, 2.24) is 40.8 Å². The van der Waals surface area contributed by atoms with Gasteiger partial charge in [-0.25, -0.2) is 4.68 Å². The van der Waals surface area contributed by atoms with Gasteiger partial charge in [-0.05, 0) is 27.8 Å². The number of hydrogen-bond donors (Lipinski definition) is 2. The number of aromatic amines is 1. The van der Waals surface area contributed by atoms with E-state index in [1.165, 1.54) is 0 Å². The van der Waals surface area contributed by atoms with Crippen LogP contribution in [0, 0.1) is 0 Å². The van der Waals surface area contributed by atoms with Gasteiger partial charge in [0.2, 0.25) is 0 Å². The molecule has 0 spiro atoms. The molecule has 10 nitrogen and oxygen atoms in total. The molecule has 10 heteroatoms. The van der Waals surface area contributed by atoms with Gasteiger partial charge in [0.05, 0.1) is 0 Å². The number of anilines is 1. The molecule has 0 radical (unpaired) electrons. The third-order valence-corrected chi connectivity index (χ3v) is 2.55. The summed E-state index contributed by atoms with van der Waals surface area (Å²) in [5.41, 5.74) is 1.36. The molecule has 1 amide bonds. The number of rotatable bonds is 3. The number of benzene rings is 1. The number of H-pyrrole nitrogens is 1. The number of nitrogens with zero attached hydrogens (tertiary/aromatic N) is 7. The summed E-state index contributed by atoms with van der Waals surface area (Å²) < 4.78 is 1.54. The van der Waals surface area contributed by atoms with Gasteiger partial charge in [-0.2, -0.15) is 5.21 Å². The van der Waals surface area contributed by atoms with Gasteiger partial charge in [-0.15, -0.1) is 15.3 Å². The highest BCUT2D eigenvalue weighted by atomic mass is 16.2. The molecule has 0 bridgehead atoms. The quantitative estimate of drug-likeness (QED) is 0.665. The van der Waals surface area contributed by atoms with E-state index in [1.807, 2.05) is 6.07 Å². The van der Waals surface area contributed by atoms with Gasteiger partial charge >= 0.3 is 0 Å². The lowest BCUT2D eigenvalue weighted by atomic mass is 10.2. The number of aryl methyl sites for hydroxylation is 1. The highest BCUT2D eigenvalue weighted by Crippen LogP contribution is 2.19. The Kier molecular flexibility index (Phi) is 2.88. The molecule has 0 fully saturated rings. The zero-order valence-electron chi connectivity index (χ0n) is 10.3. The van der Waals surface area contributed by atoms with Crippen molar-refractivity contribution in [2.75, 3.05) is 5.32 Å². The zero-order valence-corrected chi connectivity index (χ0v) is 10.3. The summed E-state index contributed by atoms with van der Waals surface area (Å²) in [6.45, 7) is 0. The molecule has 3 aromatic rings. The maximum absolute atomic E-state index is 11.8. The molecular weight excluding hydrogens is 262 g/mol. The van der Waals surface area contributed by atoms with E-state index in [4.69, 9.17) is 0 Å². The van der Waals surface area contributed by atoms with Crippen molar-refractivity contribution in [2.24, 2.45) is 7.05 Å². The second-order valence-electron chi connectivity index (χ2n) is 3.90. The van der Waals surface area contributed by atoms with Gasteiger partial charge < -0.3 is 5.32 Å². The molecule has 0 aliphatic carbocycles. The average Bonchev–Trinajstić information content (AvgIpc) is 3.10. The van der Waals surface area contributed by atoms with Gasteiger partial charge in [-0.1, -0.05) is 12.1 Å². The lowest BCUT2D eigenvalue weighted by Crippen LogP contribution is -2.13. The lowest BCUT2D eigenvalue weighted by molar-refractivity contribution is 0.101. The highest BCUT2D eigenvalue weighted by Gasteiger charge is 2.12. The lowest BCUT2D eigenvalue weighted by Gasteiger charge is -2.04. The van der Waals surface area contributed by atoms with E-state index in [2.05, 4.69) is 41.5 Å². The largest absolute Gasteiger partial charge is 0.319 e. The minimum Gasteiger partial charge on any atom is -0.319 e. The monoisotopic (exact) mass is 271 g/mol. The van der Waals surface area contributed by atoms with Crippen LogP contribution in [0.4, 0.5) is 5.69 Å². The molecule has 0 saturated heterocycles. The molecule has 20 heavy (non-hydrogen) atoms. The highest BCUT2D eigenvalue weighted by molar-refractivity contribution is 6.01. The van der Waals surface area contributed by atoms with Gasteiger partial charge in [0.25, 0.3) is 11.7 Å². The van der Waals surface area contributed by atoms with Crippen molar-refractivity contribution in [3.63, 3.8) is 0 Å². The van der Waals surface area contributed by atoms with E-state index in [0.717, 1.165) is 5.56 Å². The fourth-order valence-electron chi connectivity index (χ4n) is 1.66. The Balaban J connectivity index is 1.85. The first-order valence-corrected chi connectivity index (χ1v) is 5.61. The van der Waals surface area contributed by atoms with E-state index in [9.17, 15) is 4.79 Å². The first kappa shape index (κ1) is 11.9. The Labute approximate surface area is 112 Å². The minimum atomic E-state index is -0.452. The van der Waals surface area contributed by atoms with Gasteiger partial charge in [0.15, 0.2) is 5.82 Å². The molecule has 0 saturated carbocycles. The fourth-order valence-corrected chi connectivity index (χ4v) is 1.66. The second kappa shape index (κ2) is 4.84. The van der Waals surface area contributed by atoms with E-state index in [-0.39, 0.29) is 5.82 Å². The van der Waals surface area contributed by atoms with Crippen molar-refractivity contribution >= 4 is 11.6 Å². The summed E-state index contributed by atoms with van der Waals surface area (Å²) in [7, 11) is 1.74. The van der Waals surface area contributed by atoms with Gasteiger partial charge in [-0.3, -0.25) is 4.79 Å². The third-order valence-electron chi connectivity index (χ3n) is 2.55. The summed E-state index contributed by atoms with van der Waals surface area (Å²) in [6.07, 6.45) is 0. The molecule has 2 heterocycles. The predicted molar refractivity (Wildman–Crippen MR) is 66.4 cm³/mol. The topological polar surface area (TPSA) is 127 Å².